The van der Waals surface area contributed by atoms with Gasteiger partial charge in [0, 0.05) is 6.54 Å². The number of aliphatic carboxylic acids is 2. The van der Waals surface area contributed by atoms with Gasteiger partial charge in [-0.1, -0.05) is 0 Å². The lowest BCUT2D eigenvalue weighted by Gasteiger charge is -2.09. The first-order valence-corrected chi connectivity index (χ1v) is 7.21. The summed E-state index contributed by atoms with van der Waals surface area (Å²) in [5.74, 6) is 2.97. The van der Waals surface area contributed by atoms with Crippen molar-refractivity contribution in [3.8, 4) is 0 Å². The van der Waals surface area contributed by atoms with E-state index < -0.39 is 24.0 Å². The number of carboxylic acids is 2. The van der Waals surface area contributed by atoms with Gasteiger partial charge in [-0.15, -0.1) is 0 Å². The number of rotatable bonds is 11. The molecule has 136 valence electrons. The number of nitrogens with one attached hydrogen (secondary N) is 3. The van der Waals surface area contributed by atoms with E-state index in [1.54, 1.807) is 0 Å². The number of unbranched alkanes of at least 4 members (excludes halogenated alkanes) is 1. The fraction of sp³-hybridized carbons (Fsp3) is 0.750. The highest BCUT2D eigenvalue weighted by atomic mass is 16.4. The molecule has 0 radical (unpaired) electrons. The molecule has 0 saturated heterocycles. The van der Waals surface area contributed by atoms with Crippen LogP contribution >= 0.6 is 0 Å². The first-order chi connectivity index (χ1) is 10.8. The van der Waals surface area contributed by atoms with Crippen molar-refractivity contribution in [2.75, 3.05) is 13.1 Å². The van der Waals surface area contributed by atoms with Gasteiger partial charge in [-0.25, -0.2) is 5.43 Å². The van der Waals surface area contributed by atoms with Crippen LogP contribution < -0.4 is 33.8 Å². The highest BCUT2D eigenvalue weighted by Crippen LogP contribution is 1.98. The number of nitrogens with two attached hydrogens (primary N) is 4. The Morgan fingerprint density at radius 2 is 1.70 bits per heavy atom. The second kappa shape index (κ2) is 15.0. The summed E-state index contributed by atoms with van der Waals surface area (Å²) in [6.07, 6.45) is 3.13. The number of hydrazine groups is 1. The molecule has 0 fully saturated rings. The van der Waals surface area contributed by atoms with E-state index in [-0.39, 0.29) is 5.96 Å². The molecule has 0 saturated carbocycles. The number of hydrogen-bond acceptors (Lipinski definition) is 7. The number of guanidine groups is 1. The van der Waals surface area contributed by atoms with Crippen molar-refractivity contribution in [2.24, 2.45) is 23.0 Å². The largest absolute Gasteiger partial charge is 0.480 e. The maximum Gasteiger partial charge on any atom is 0.322 e. The molecule has 0 aliphatic rings. The average Bonchev–Trinajstić information content (AvgIpc) is 2.48. The number of carboxylic acid groups (broad SMARTS) is 2. The molecule has 11 nitrogen and oxygen atoms in total. The van der Waals surface area contributed by atoms with Gasteiger partial charge in [-0.05, 0) is 38.6 Å². The van der Waals surface area contributed by atoms with E-state index >= 15 is 0 Å². The third kappa shape index (κ3) is 16.2. The van der Waals surface area contributed by atoms with Gasteiger partial charge in [-0.2, -0.15) is 0 Å². The summed E-state index contributed by atoms with van der Waals surface area (Å²) in [6.45, 7) is 1.08. The smallest absolute Gasteiger partial charge is 0.322 e. The highest BCUT2D eigenvalue weighted by molar-refractivity contribution is 5.74. The van der Waals surface area contributed by atoms with E-state index in [1.807, 2.05) is 0 Å². The van der Waals surface area contributed by atoms with Crippen LogP contribution in [-0.2, 0) is 9.59 Å². The molecule has 0 aromatic heterocycles. The summed E-state index contributed by atoms with van der Waals surface area (Å²) in [6, 6.07) is -1.46. The van der Waals surface area contributed by atoms with Crippen LogP contribution in [0.3, 0.4) is 0 Å². The van der Waals surface area contributed by atoms with Gasteiger partial charge in [0.2, 0.25) is 0 Å². The second-order valence-corrected chi connectivity index (χ2v) is 4.77. The van der Waals surface area contributed by atoms with Crippen LogP contribution in [-0.4, -0.2) is 53.3 Å². The summed E-state index contributed by atoms with van der Waals surface area (Å²) in [5, 5.41) is 26.2. The lowest BCUT2D eigenvalue weighted by molar-refractivity contribution is -0.140. The van der Waals surface area contributed by atoms with Crippen molar-refractivity contribution < 1.29 is 19.8 Å². The van der Waals surface area contributed by atoms with Crippen LogP contribution in [0.4, 0.5) is 0 Å². The zero-order chi connectivity index (χ0) is 18.3. The van der Waals surface area contributed by atoms with Crippen LogP contribution in [0, 0.1) is 5.41 Å². The Labute approximate surface area is 135 Å². The number of carbonyl (C=O) groups is 2. The summed E-state index contributed by atoms with van der Waals surface area (Å²) >= 11 is 0. The monoisotopic (exact) mass is 335 g/mol. The predicted octanol–water partition coefficient (Wildman–Crippen LogP) is -2.31. The molecule has 0 heterocycles. The fourth-order valence-electron chi connectivity index (χ4n) is 1.44. The SMILES string of the molecule is N=C(N)NCCC[C@H](N)C(=O)O.NCCCC[C@H](NN)C(=O)O. The molecule has 0 bridgehead atoms. The molecule has 13 N–H and O–H groups in total. The van der Waals surface area contributed by atoms with E-state index in [1.165, 1.54) is 0 Å². The fourth-order valence-corrected chi connectivity index (χ4v) is 1.44. The van der Waals surface area contributed by atoms with Gasteiger partial charge in [0.1, 0.15) is 12.1 Å². The predicted molar refractivity (Wildman–Crippen MR) is 86.4 cm³/mol. The van der Waals surface area contributed by atoms with Gasteiger partial charge in [-0.3, -0.25) is 20.8 Å². The van der Waals surface area contributed by atoms with E-state index in [4.69, 9.17) is 38.7 Å². The van der Waals surface area contributed by atoms with Crippen molar-refractivity contribution in [2.45, 2.75) is 44.2 Å². The topological polar surface area (TPSA) is 227 Å². The van der Waals surface area contributed by atoms with Gasteiger partial charge in [0.25, 0.3) is 0 Å². The Morgan fingerprint density at radius 3 is 2.09 bits per heavy atom. The van der Waals surface area contributed by atoms with Gasteiger partial charge >= 0.3 is 11.9 Å². The second-order valence-electron chi connectivity index (χ2n) is 4.77. The Kier molecular flexibility index (Phi) is 15.2. The van der Waals surface area contributed by atoms with Crippen LogP contribution in [0.5, 0.6) is 0 Å². The third-order valence-electron chi connectivity index (χ3n) is 2.77. The van der Waals surface area contributed by atoms with Crippen LogP contribution in [0.25, 0.3) is 0 Å². The molecular weight excluding hydrogens is 306 g/mol. The van der Waals surface area contributed by atoms with E-state index in [2.05, 4.69) is 10.7 Å². The quantitative estimate of drug-likeness (QED) is 0.0644. The average molecular weight is 335 g/mol. The summed E-state index contributed by atoms with van der Waals surface area (Å²) in [4.78, 5) is 20.6. The molecule has 2 atom stereocenters. The van der Waals surface area contributed by atoms with Crippen molar-refractivity contribution in [3.63, 3.8) is 0 Å². The molecule has 0 unspecified atom stereocenters. The van der Waals surface area contributed by atoms with Crippen molar-refractivity contribution in [1.82, 2.24) is 10.7 Å². The van der Waals surface area contributed by atoms with E-state index in [0.717, 1.165) is 12.8 Å². The molecular formula is C12H29N7O4. The lowest BCUT2D eigenvalue weighted by Crippen LogP contribution is -2.41. The van der Waals surface area contributed by atoms with E-state index in [9.17, 15) is 9.59 Å². The van der Waals surface area contributed by atoms with Crippen molar-refractivity contribution in [1.29, 1.82) is 5.41 Å². The van der Waals surface area contributed by atoms with Crippen molar-refractivity contribution in [3.05, 3.63) is 0 Å². The Morgan fingerprint density at radius 1 is 1.09 bits per heavy atom. The summed E-state index contributed by atoms with van der Waals surface area (Å²) in [5.41, 5.74) is 17.7. The third-order valence-corrected chi connectivity index (χ3v) is 2.77. The van der Waals surface area contributed by atoms with Gasteiger partial charge in [0.15, 0.2) is 5.96 Å². The standard InChI is InChI=1S/C6H14N4O2.C6H15N3O2/c7-4(5(11)12)2-1-3-10-6(8)9;7-4-2-1-3-5(9-8)6(10)11/h4H,1-3,7H2,(H,11,12)(H4,8,9,10);5,9H,1-4,7-8H2,(H,10,11)/t4-;5-/m00/s1. The molecule has 0 aromatic rings. The minimum absolute atomic E-state index is 0.112. The zero-order valence-corrected chi connectivity index (χ0v) is 13.1. The zero-order valence-electron chi connectivity index (χ0n) is 13.1. The maximum atomic E-state index is 10.4. The first-order valence-electron chi connectivity index (χ1n) is 7.21. The lowest BCUT2D eigenvalue weighted by atomic mass is 10.1. The first kappa shape index (κ1) is 23.3. The van der Waals surface area contributed by atoms with E-state index in [0.29, 0.717) is 32.4 Å². The molecule has 0 aliphatic carbocycles. The van der Waals surface area contributed by atoms with Crippen molar-refractivity contribution >= 4 is 17.9 Å². The van der Waals surface area contributed by atoms with Gasteiger partial charge in [0.05, 0.1) is 0 Å². The minimum Gasteiger partial charge on any atom is -0.480 e. The normalized spacial score (nSPS) is 12.5. The summed E-state index contributed by atoms with van der Waals surface area (Å²) < 4.78 is 0. The van der Waals surface area contributed by atoms with Crippen LogP contribution in [0.2, 0.25) is 0 Å². The molecule has 11 heteroatoms. The Hall–Kier alpha value is -1.95. The Balaban J connectivity index is 0. The highest BCUT2D eigenvalue weighted by Gasteiger charge is 2.13. The summed E-state index contributed by atoms with van der Waals surface area (Å²) in [7, 11) is 0. The molecule has 0 spiro atoms. The van der Waals surface area contributed by atoms with Crippen LogP contribution in [0.15, 0.2) is 0 Å². The Bertz CT molecular complexity index is 354. The molecule has 0 aromatic carbocycles. The molecule has 0 amide bonds. The number of hydrogen-bond donors (Lipinski definition) is 9. The minimum atomic E-state index is -1.00. The van der Waals surface area contributed by atoms with Gasteiger partial charge < -0.3 is 32.7 Å². The molecule has 0 aliphatic heterocycles. The van der Waals surface area contributed by atoms with Crippen LogP contribution in [0.1, 0.15) is 32.1 Å². The maximum absolute atomic E-state index is 10.4. The molecule has 23 heavy (non-hydrogen) atoms. The molecule has 0 rings (SSSR count).